The molecule has 1 aromatic rings. The highest BCUT2D eigenvalue weighted by Gasteiger charge is 2.36. The molecule has 25 heavy (non-hydrogen) atoms. The van der Waals surface area contributed by atoms with Crippen LogP contribution in [-0.2, 0) is 6.42 Å². The van der Waals surface area contributed by atoms with Crippen molar-refractivity contribution in [2.45, 2.75) is 63.1 Å². The van der Waals surface area contributed by atoms with Gasteiger partial charge >= 0.3 is 6.03 Å². The molecule has 2 saturated heterocycles. The lowest BCUT2D eigenvalue weighted by Crippen LogP contribution is -2.51. The summed E-state index contributed by atoms with van der Waals surface area (Å²) < 4.78 is 13.3. The molecule has 2 atom stereocenters. The number of urea groups is 1. The third-order valence-corrected chi connectivity index (χ3v) is 5.93. The van der Waals surface area contributed by atoms with Crippen LogP contribution in [0.3, 0.4) is 0 Å². The normalized spacial score (nSPS) is 26.3. The van der Waals surface area contributed by atoms with Crippen molar-refractivity contribution in [2.24, 2.45) is 0 Å². The molecule has 2 aliphatic heterocycles. The van der Waals surface area contributed by atoms with Crippen LogP contribution >= 0.6 is 0 Å². The van der Waals surface area contributed by atoms with Crippen LogP contribution in [0, 0.1) is 5.82 Å². The number of nitrogens with one attached hydrogen (secondary N) is 1. The number of benzene rings is 1. The highest BCUT2D eigenvalue weighted by atomic mass is 19.1. The van der Waals surface area contributed by atoms with Crippen molar-refractivity contribution in [3.63, 3.8) is 0 Å². The van der Waals surface area contributed by atoms with E-state index in [9.17, 15) is 9.18 Å². The van der Waals surface area contributed by atoms with E-state index in [4.69, 9.17) is 0 Å². The quantitative estimate of drug-likeness (QED) is 0.890. The van der Waals surface area contributed by atoms with E-state index < -0.39 is 0 Å². The van der Waals surface area contributed by atoms with Crippen LogP contribution < -0.4 is 5.32 Å². The Kier molecular flexibility index (Phi) is 4.93. The Morgan fingerprint density at radius 3 is 2.92 bits per heavy atom. The van der Waals surface area contributed by atoms with Crippen LogP contribution in [0.4, 0.5) is 9.18 Å². The summed E-state index contributed by atoms with van der Waals surface area (Å²) in [6.07, 6.45) is 7.63. The van der Waals surface area contributed by atoms with Gasteiger partial charge in [0.25, 0.3) is 0 Å². The van der Waals surface area contributed by atoms with Gasteiger partial charge in [0, 0.05) is 31.2 Å². The fraction of sp³-hybridized carbons (Fsp3) is 0.650. The standard InChI is InChI=1S/C20H28FN3O/c21-16-4-1-3-15(13-16)8-12-24(18-6-7-18)20(25)22-17-9-11-23-10-2-5-19(23)14-17/h1,3-4,13,17-19H,2,5-12,14H2,(H,22,25)/t17-,19+/m0/s1. The molecular formula is C20H28FN3O. The van der Waals surface area contributed by atoms with Gasteiger partial charge in [-0.2, -0.15) is 0 Å². The molecule has 136 valence electrons. The zero-order chi connectivity index (χ0) is 17.2. The molecule has 3 aliphatic rings. The topological polar surface area (TPSA) is 35.6 Å². The second kappa shape index (κ2) is 7.32. The summed E-state index contributed by atoms with van der Waals surface area (Å²) in [6, 6.07) is 8.13. The largest absolute Gasteiger partial charge is 0.335 e. The second-order valence-corrected chi connectivity index (χ2v) is 7.81. The smallest absolute Gasteiger partial charge is 0.317 e. The third kappa shape index (κ3) is 4.14. The van der Waals surface area contributed by atoms with Crippen LogP contribution in [0.1, 0.15) is 44.1 Å². The molecule has 1 N–H and O–H groups in total. The first kappa shape index (κ1) is 16.8. The number of rotatable bonds is 5. The Bertz CT molecular complexity index is 619. The fourth-order valence-electron chi connectivity index (χ4n) is 4.39. The number of carbonyl (C=O) groups excluding carboxylic acids is 1. The van der Waals surface area contributed by atoms with Crippen LogP contribution in [0.15, 0.2) is 24.3 Å². The maximum atomic E-state index is 13.3. The van der Waals surface area contributed by atoms with E-state index in [0.717, 1.165) is 37.8 Å². The third-order valence-electron chi connectivity index (χ3n) is 5.93. The SMILES string of the molecule is O=C(N[C@H]1CCN2CCC[C@@H]2C1)N(CCc1cccc(F)c1)C1CC1. The molecule has 4 nitrogen and oxygen atoms in total. The molecule has 2 amide bonds. The van der Waals surface area contributed by atoms with Gasteiger partial charge in [0.1, 0.15) is 5.82 Å². The average molecular weight is 345 g/mol. The molecule has 0 bridgehead atoms. The van der Waals surface area contributed by atoms with Crippen molar-refractivity contribution in [1.82, 2.24) is 15.1 Å². The number of halogens is 1. The molecule has 1 aliphatic carbocycles. The molecular weight excluding hydrogens is 317 g/mol. The molecule has 3 fully saturated rings. The van der Waals surface area contributed by atoms with Gasteiger partial charge in [-0.25, -0.2) is 9.18 Å². The second-order valence-electron chi connectivity index (χ2n) is 7.81. The lowest BCUT2D eigenvalue weighted by atomic mass is 9.98. The van der Waals surface area contributed by atoms with E-state index >= 15 is 0 Å². The van der Waals surface area contributed by atoms with Gasteiger partial charge < -0.3 is 15.1 Å². The van der Waals surface area contributed by atoms with Crippen molar-refractivity contribution in [2.75, 3.05) is 19.6 Å². The summed E-state index contributed by atoms with van der Waals surface area (Å²) in [7, 11) is 0. The molecule has 4 rings (SSSR count). The van der Waals surface area contributed by atoms with Crippen LogP contribution in [0.5, 0.6) is 0 Å². The minimum absolute atomic E-state index is 0.0790. The van der Waals surface area contributed by atoms with Crippen LogP contribution in [0.2, 0.25) is 0 Å². The van der Waals surface area contributed by atoms with Gasteiger partial charge in [0.15, 0.2) is 0 Å². The number of carbonyl (C=O) groups is 1. The highest BCUT2D eigenvalue weighted by molar-refractivity contribution is 5.75. The van der Waals surface area contributed by atoms with E-state index in [1.54, 1.807) is 12.1 Å². The zero-order valence-electron chi connectivity index (χ0n) is 14.8. The molecule has 5 heteroatoms. The summed E-state index contributed by atoms with van der Waals surface area (Å²) in [5.41, 5.74) is 0.956. The highest BCUT2D eigenvalue weighted by Crippen LogP contribution is 2.29. The molecule has 1 saturated carbocycles. The lowest BCUT2D eigenvalue weighted by molar-refractivity contribution is 0.154. The monoisotopic (exact) mass is 345 g/mol. The van der Waals surface area contributed by atoms with Crippen molar-refractivity contribution in [3.05, 3.63) is 35.6 Å². The number of hydrogen-bond acceptors (Lipinski definition) is 2. The van der Waals surface area contributed by atoms with Gasteiger partial charge in [-0.1, -0.05) is 12.1 Å². The first-order chi connectivity index (χ1) is 12.2. The summed E-state index contributed by atoms with van der Waals surface area (Å²) in [5.74, 6) is -0.205. The van der Waals surface area contributed by atoms with E-state index in [1.807, 2.05) is 11.0 Å². The Morgan fingerprint density at radius 2 is 2.12 bits per heavy atom. The maximum absolute atomic E-state index is 13.3. The number of nitrogens with zero attached hydrogens (tertiary/aromatic N) is 2. The lowest BCUT2D eigenvalue weighted by Gasteiger charge is -2.36. The number of amides is 2. The first-order valence-corrected chi connectivity index (χ1v) is 9.74. The molecule has 0 radical (unpaired) electrons. The Balaban J connectivity index is 1.32. The Hall–Kier alpha value is -1.62. The molecule has 0 unspecified atom stereocenters. The molecule has 0 spiro atoms. The van der Waals surface area contributed by atoms with Gasteiger partial charge in [-0.05, 0) is 69.2 Å². The van der Waals surface area contributed by atoms with Crippen LogP contribution in [-0.4, -0.2) is 53.6 Å². The summed E-state index contributed by atoms with van der Waals surface area (Å²) in [6.45, 7) is 3.01. The average Bonchev–Trinajstić information content (AvgIpc) is 3.32. The first-order valence-electron chi connectivity index (χ1n) is 9.74. The Labute approximate surface area is 149 Å². The van der Waals surface area contributed by atoms with E-state index in [0.29, 0.717) is 31.1 Å². The van der Waals surface area contributed by atoms with Gasteiger partial charge in [-0.3, -0.25) is 0 Å². The predicted octanol–water partition coefficient (Wildman–Crippen LogP) is 3.17. The summed E-state index contributed by atoms with van der Waals surface area (Å²) in [4.78, 5) is 17.4. The fourth-order valence-corrected chi connectivity index (χ4v) is 4.39. The van der Waals surface area contributed by atoms with E-state index in [-0.39, 0.29) is 11.8 Å². The molecule has 2 heterocycles. The predicted molar refractivity (Wildman–Crippen MR) is 96.0 cm³/mol. The molecule has 1 aromatic carbocycles. The minimum atomic E-state index is -0.205. The van der Waals surface area contributed by atoms with Crippen molar-refractivity contribution in [1.29, 1.82) is 0 Å². The maximum Gasteiger partial charge on any atom is 0.317 e. The van der Waals surface area contributed by atoms with E-state index in [1.165, 1.54) is 25.5 Å². The van der Waals surface area contributed by atoms with Crippen molar-refractivity contribution >= 4 is 6.03 Å². The van der Waals surface area contributed by atoms with E-state index in [2.05, 4.69) is 10.2 Å². The van der Waals surface area contributed by atoms with Crippen molar-refractivity contribution < 1.29 is 9.18 Å². The number of piperidine rings is 1. The van der Waals surface area contributed by atoms with Gasteiger partial charge in [0.05, 0.1) is 0 Å². The summed E-state index contributed by atoms with van der Waals surface area (Å²) in [5, 5.41) is 3.29. The van der Waals surface area contributed by atoms with Gasteiger partial charge in [0.2, 0.25) is 0 Å². The minimum Gasteiger partial charge on any atom is -0.335 e. The molecule has 0 aromatic heterocycles. The van der Waals surface area contributed by atoms with Gasteiger partial charge in [-0.15, -0.1) is 0 Å². The summed E-state index contributed by atoms with van der Waals surface area (Å²) >= 11 is 0. The number of fused-ring (bicyclic) bond motifs is 1. The van der Waals surface area contributed by atoms with Crippen LogP contribution in [0.25, 0.3) is 0 Å². The Morgan fingerprint density at radius 1 is 1.24 bits per heavy atom. The number of hydrogen-bond donors (Lipinski definition) is 1. The van der Waals surface area contributed by atoms with Crippen molar-refractivity contribution in [3.8, 4) is 0 Å². The zero-order valence-corrected chi connectivity index (χ0v) is 14.8.